The third-order valence-corrected chi connectivity index (χ3v) is 2.62. The predicted molar refractivity (Wildman–Crippen MR) is 53.1 cm³/mol. The number of carbonyl (C=O) groups is 1. The molecule has 2 atom stereocenters. The van der Waals surface area contributed by atoms with Gasteiger partial charge in [-0.2, -0.15) is 0 Å². The summed E-state index contributed by atoms with van der Waals surface area (Å²) in [5, 5.41) is 17.9. The molecule has 0 spiro atoms. The van der Waals surface area contributed by atoms with Crippen molar-refractivity contribution in [3.8, 4) is 0 Å². The molecule has 0 aromatic rings. The van der Waals surface area contributed by atoms with Crippen LogP contribution in [0.15, 0.2) is 0 Å². The topological polar surface area (TPSA) is 60.8 Å². The smallest absolute Gasteiger partial charge is 0.306 e. The quantitative estimate of drug-likeness (QED) is 0.697. The van der Waals surface area contributed by atoms with Crippen LogP contribution in [0.2, 0.25) is 0 Å². The summed E-state index contributed by atoms with van der Waals surface area (Å²) >= 11 is 0. The molecule has 0 amide bonds. The lowest BCUT2D eigenvalue weighted by Gasteiger charge is -2.31. The molecular weight excluding hydrogens is 182 g/mol. The summed E-state index contributed by atoms with van der Waals surface area (Å²) in [5.41, 5.74) is 0. The molecule has 2 N–H and O–H groups in total. The number of β-amino-alcohol motifs (C(OH)–C–C–N with tert-alkyl or cyclic N) is 1. The van der Waals surface area contributed by atoms with Gasteiger partial charge in [0.1, 0.15) is 0 Å². The van der Waals surface area contributed by atoms with E-state index in [2.05, 4.69) is 11.8 Å². The Morgan fingerprint density at radius 3 is 2.93 bits per heavy atom. The van der Waals surface area contributed by atoms with Gasteiger partial charge in [0.25, 0.3) is 0 Å². The van der Waals surface area contributed by atoms with Gasteiger partial charge in [-0.25, -0.2) is 0 Å². The Labute approximate surface area is 84.5 Å². The number of piperidine rings is 1. The lowest BCUT2D eigenvalue weighted by molar-refractivity contribution is -0.139. The monoisotopic (exact) mass is 201 g/mol. The van der Waals surface area contributed by atoms with E-state index in [0.29, 0.717) is 12.5 Å². The van der Waals surface area contributed by atoms with Crippen molar-refractivity contribution in [3.05, 3.63) is 0 Å². The number of aliphatic carboxylic acids is 1. The molecule has 1 heterocycles. The van der Waals surface area contributed by atoms with Gasteiger partial charge in [-0.05, 0) is 25.3 Å². The Hall–Kier alpha value is -0.610. The summed E-state index contributed by atoms with van der Waals surface area (Å²) in [6.45, 7) is 4.66. The molecule has 1 aliphatic heterocycles. The molecule has 14 heavy (non-hydrogen) atoms. The number of hydrogen-bond acceptors (Lipinski definition) is 3. The van der Waals surface area contributed by atoms with Crippen molar-refractivity contribution >= 4 is 5.97 Å². The summed E-state index contributed by atoms with van der Waals surface area (Å²) in [6, 6.07) is 0. The zero-order valence-corrected chi connectivity index (χ0v) is 8.65. The second-order valence-corrected chi connectivity index (χ2v) is 4.26. The van der Waals surface area contributed by atoms with E-state index in [1.54, 1.807) is 0 Å². The van der Waals surface area contributed by atoms with Crippen LogP contribution in [0.5, 0.6) is 0 Å². The Balaban J connectivity index is 2.25. The Morgan fingerprint density at radius 2 is 2.36 bits per heavy atom. The molecule has 82 valence electrons. The lowest BCUT2D eigenvalue weighted by atomic mass is 10.00. The number of aliphatic hydroxyl groups excluding tert-OH is 1. The summed E-state index contributed by atoms with van der Waals surface area (Å²) in [7, 11) is 0. The number of carboxylic acids is 1. The Bertz CT molecular complexity index is 196. The SMILES string of the molecule is CC1CCCN(CC(O)CC(=O)O)C1. The van der Waals surface area contributed by atoms with Crippen molar-refractivity contribution in [1.82, 2.24) is 4.90 Å². The van der Waals surface area contributed by atoms with Gasteiger partial charge in [0.15, 0.2) is 0 Å². The van der Waals surface area contributed by atoms with E-state index in [-0.39, 0.29) is 6.42 Å². The number of aliphatic hydroxyl groups is 1. The van der Waals surface area contributed by atoms with Crippen molar-refractivity contribution in [2.24, 2.45) is 5.92 Å². The summed E-state index contributed by atoms with van der Waals surface area (Å²) in [4.78, 5) is 12.5. The van der Waals surface area contributed by atoms with Gasteiger partial charge in [-0.3, -0.25) is 4.79 Å². The van der Waals surface area contributed by atoms with Crippen molar-refractivity contribution in [2.75, 3.05) is 19.6 Å². The zero-order chi connectivity index (χ0) is 10.6. The second-order valence-electron chi connectivity index (χ2n) is 4.26. The van der Waals surface area contributed by atoms with Crippen molar-refractivity contribution in [3.63, 3.8) is 0 Å². The molecule has 0 saturated carbocycles. The van der Waals surface area contributed by atoms with Crippen LogP contribution in [0.4, 0.5) is 0 Å². The highest BCUT2D eigenvalue weighted by Crippen LogP contribution is 2.15. The van der Waals surface area contributed by atoms with Gasteiger partial charge in [-0.1, -0.05) is 6.92 Å². The Kier molecular flexibility index (Phi) is 4.35. The maximum atomic E-state index is 10.3. The van der Waals surface area contributed by atoms with Crippen LogP contribution in [0.3, 0.4) is 0 Å². The van der Waals surface area contributed by atoms with Crippen molar-refractivity contribution in [1.29, 1.82) is 0 Å². The van der Waals surface area contributed by atoms with E-state index in [4.69, 9.17) is 5.11 Å². The predicted octanol–water partition coefficient (Wildman–Crippen LogP) is 0.554. The van der Waals surface area contributed by atoms with E-state index in [1.165, 1.54) is 6.42 Å². The minimum atomic E-state index is -0.928. The first-order valence-corrected chi connectivity index (χ1v) is 5.20. The standard InChI is InChI=1S/C10H19NO3/c1-8-3-2-4-11(6-8)7-9(12)5-10(13)14/h8-9,12H,2-7H2,1H3,(H,13,14). The van der Waals surface area contributed by atoms with Gasteiger partial charge in [0.2, 0.25) is 0 Å². The van der Waals surface area contributed by atoms with Gasteiger partial charge in [0, 0.05) is 13.1 Å². The van der Waals surface area contributed by atoms with Gasteiger partial charge < -0.3 is 15.1 Å². The van der Waals surface area contributed by atoms with Crippen LogP contribution < -0.4 is 0 Å². The molecule has 1 aliphatic rings. The van der Waals surface area contributed by atoms with E-state index < -0.39 is 12.1 Å². The van der Waals surface area contributed by atoms with E-state index >= 15 is 0 Å². The highest BCUT2D eigenvalue weighted by molar-refractivity contribution is 5.67. The molecule has 1 rings (SSSR count). The molecule has 0 aromatic heterocycles. The highest BCUT2D eigenvalue weighted by Gasteiger charge is 2.19. The zero-order valence-electron chi connectivity index (χ0n) is 8.65. The minimum absolute atomic E-state index is 0.148. The molecule has 0 bridgehead atoms. The first-order valence-electron chi connectivity index (χ1n) is 5.20. The van der Waals surface area contributed by atoms with Crippen LogP contribution in [0.1, 0.15) is 26.2 Å². The second kappa shape index (κ2) is 5.32. The average Bonchev–Trinajstić information content (AvgIpc) is 2.01. The fourth-order valence-electron chi connectivity index (χ4n) is 2.02. The van der Waals surface area contributed by atoms with Crippen LogP contribution >= 0.6 is 0 Å². The highest BCUT2D eigenvalue weighted by atomic mass is 16.4. The van der Waals surface area contributed by atoms with Crippen LogP contribution in [-0.4, -0.2) is 46.8 Å². The third-order valence-electron chi connectivity index (χ3n) is 2.62. The first-order chi connectivity index (χ1) is 6.58. The Morgan fingerprint density at radius 1 is 1.64 bits per heavy atom. The van der Waals surface area contributed by atoms with E-state index in [1.807, 2.05) is 0 Å². The summed E-state index contributed by atoms with van der Waals surface area (Å²) < 4.78 is 0. The molecule has 4 heteroatoms. The number of rotatable bonds is 4. The number of likely N-dealkylation sites (tertiary alicyclic amines) is 1. The largest absolute Gasteiger partial charge is 0.481 e. The van der Waals surface area contributed by atoms with Crippen molar-refractivity contribution < 1.29 is 15.0 Å². The molecule has 0 aromatic carbocycles. The van der Waals surface area contributed by atoms with E-state index in [0.717, 1.165) is 19.5 Å². The van der Waals surface area contributed by atoms with Crippen LogP contribution in [-0.2, 0) is 4.79 Å². The molecule has 4 nitrogen and oxygen atoms in total. The fourth-order valence-corrected chi connectivity index (χ4v) is 2.02. The summed E-state index contributed by atoms with van der Waals surface area (Å²) in [6.07, 6.45) is 1.52. The lowest BCUT2D eigenvalue weighted by Crippen LogP contribution is -2.40. The number of carboxylic acid groups (broad SMARTS) is 1. The number of nitrogens with zero attached hydrogens (tertiary/aromatic N) is 1. The first kappa shape index (κ1) is 11.5. The van der Waals surface area contributed by atoms with Crippen LogP contribution in [0.25, 0.3) is 0 Å². The fraction of sp³-hybridized carbons (Fsp3) is 0.900. The maximum absolute atomic E-state index is 10.3. The van der Waals surface area contributed by atoms with Gasteiger partial charge >= 0.3 is 5.97 Å². The molecule has 1 saturated heterocycles. The summed E-state index contributed by atoms with van der Waals surface area (Å²) in [5.74, 6) is -0.261. The normalized spacial score (nSPS) is 26.0. The number of hydrogen-bond donors (Lipinski definition) is 2. The minimum Gasteiger partial charge on any atom is -0.481 e. The molecule has 0 aliphatic carbocycles. The average molecular weight is 201 g/mol. The third kappa shape index (κ3) is 4.07. The van der Waals surface area contributed by atoms with Gasteiger partial charge in [0.05, 0.1) is 12.5 Å². The molecule has 2 unspecified atom stereocenters. The van der Waals surface area contributed by atoms with Crippen LogP contribution in [0, 0.1) is 5.92 Å². The molecule has 0 radical (unpaired) electrons. The molecule has 1 fully saturated rings. The molecular formula is C10H19NO3. The van der Waals surface area contributed by atoms with Crippen molar-refractivity contribution in [2.45, 2.75) is 32.3 Å². The van der Waals surface area contributed by atoms with Gasteiger partial charge in [-0.15, -0.1) is 0 Å². The van der Waals surface area contributed by atoms with E-state index in [9.17, 15) is 9.90 Å². The maximum Gasteiger partial charge on any atom is 0.306 e.